The van der Waals surface area contributed by atoms with E-state index in [9.17, 15) is 14.4 Å². The number of nitrogens with two attached hydrogens (primary N) is 3. The van der Waals surface area contributed by atoms with Gasteiger partial charge in [-0.15, -0.1) is 11.8 Å². The summed E-state index contributed by atoms with van der Waals surface area (Å²) < 4.78 is 4.77. The predicted octanol–water partition coefficient (Wildman–Crippen LogP) is -0.160. The third-order valence-corrected chi connectivity index (χ3v) is 3.35. The lowest BCUT2D eigenvalue weighted by Gasteiger charge is -2.02. The van der Waals surface area contributed by atoms with Crippen molar-refractivity contribution in [2.24, 2.45) is 11.5 Å². The van der Waals surface area contributed by atoms with Crippen LogP contribution in [0, 0.1) is 0 Å². The van der Waals surface area contributed by atoms with Gasteiger partial charge in [0.1, 0.15) is 5.82 Å². The molecule has 1 aromatic rings. The third-order valence-electron chi connectivity index (χ3n) is 2.35. The van der Waals surface area contributed by atoms with Crippen molar-refractivity contribution in [3.05, 3.63) is 11.1 Å². The van der Waals surface area contributed by atoms with Gasteiger partial charge < -0.3 is 26.9 Å². The number of esters is 1. The highest BCUT2D eigenvalue weighted by molar-refractivity contribution is 7.99. The van der Waals surface area contributed by atoms with Crippen LogP contribution in [-0.2, 0) is 9.53 Å². The van der Waals surface area contributed by atoms with Crippen LogP contribution in [-0.4, -0.2) is 35.1 Å². The van der Waals surface area contributed by atoms with Crippen molar-refractivity contribution >= 4 is 35.4 Å². The van der Waals surface area contributed by atoms with Crippen LogP contribution in [0.5, 0.6) is 0 Å². The minimum absolute atomic E-state index is 0.0232. The maximum Gasteiger partial charge on any atom is 0.306 e. The van der Waals surface area contributed by atoms with Gasteiger partial charge in [0, 0.05) is 5.75 Å². The molecule has 0 aromatic carbocycles. The SMILES string of the molecule is CCOC(=O)CCSc1[nH]c(N)c(C(N)=O)c1C(N)=O. The molecule has 0 aliphatic carbocycles. The van der Waals surface area contributed by atoms with Crippen molar-refractivity contribution in [1.82, 2.24) is 4.98 Å². The van der Waals surface area contributed by atoms with Crippen molar-refractivity contribution in [2.75, 3.05) is 18.1 Å². The van der Waals surface area contributed by atoms with Gasteiger partial charge in [0.15, 0.2) is 0 Å². The molecule has 0 saturated heterocycles. The molecule has 0 bridgehead atoms. The molecular weight excluding hydrogens is 284 g/mol. The summed E-state index contributed by atoms with van der Waals surface area (Å²) in [6.07, 6.45) is 0.154. The highest BCUT2D eigenvalue weighted by Crippen LogP contribution is 2.29. The normalized spacial score (nSPS) is 10.2. The number of primary amides is 2. The number of H-pyrrole nitrogens is 1. The molecule has 110 valence electrons. The molecule has 0 atom stereocenters. The quantitative estimate of drug-likeness (QED) is 0.405. The number of carbonyl (C=O) groups is 3. The van der Waals surface area contributed by atoms with Gasteiger partial charge in [0.2, 0.25) is 0 Å². The van der Waals surface area contributed by atoms with E-state index in [0.717, 1.165) is 11.8 Å². The number of nitrogens with one attached hydrogen (secondary N) is 1. The molecule has 20 heavy (non-hydrogen) atoms. The molecule has 0 spiro atoms. The number of aromatic nitrogens is 1. The first-order valence-corrected chi connectivity index (χ1v) is 6.76. The summed E-state index contributed by atoms with van der Waals surface area (Å²) >= 11 is 1.14. The number of anilines is 1. The number of aromatic amines is 1. The third kappa shape index (κ3) is 3.67. The number of thioether (sulfide) groups is 1. The van der Waals surface area contributed by atoms with Crippen LogP contribution in [0.15, 0.2) is 5.03 Å². The summed E-state index contributed by atoms with van der Waals surface area (Å²) in [4.78, 5) is 36.5. The summed E-state index contributed by atoms with van der Waals surface area (Å²) in [6.45, 7) is 2.01. The van der Waals surface area contributed by atoms with E-state index < -0.39 is 11.8 Å². The van der Waals surface area contributed by atoms with E-state index in [2.05, 4.69) is 4.98 Å². The molecule has 2 amide bonds. The average molecular weight is 300 g/mol. The molecule has 0 radical (unpaired) electrons. The lowest BCUT2D eigenvalue weighted by atomic mass is 10.1. The maximum absolute atomic E-state index is 11.4. The highest BCUT2D eigenvalue weighted by Gasteiger charge is 2.24. The average Bonchev–Trinajstić information content (AvgIpc) is 2.66. The van der Waals surface area contributed by atoms with Crippen molar-refractivity contribution in [3.63, 3.8) is 0 Å². The number of carbonyl (C=O) groups excluding carboxylic acids is 3. The molecule has 0 aliphatic rings. The fourth-order valence-electron chi connectivity index (χ4n) is 1.56. The smallest absolute Gasteiger partial charge is 0.306 e. The molecule has 7 N–H and O–H groups in total. The van der Waals surface area contributed by atoms with E-state index in [1.165, 1.54) is 0 Å². The predicted molar refractivity (Wildman–Crippen MR) is 74.2 cm³/mol. The van der Waals surface area contributed by atoms with Crippen molar-refractivity contribution < 1.29 is 19.1 Å². The van der Waals surface area contributed by atoms with Gasteiger partial charge in [0.25, 0.3) is 11.8 Å². The lowest BCUT2D eigenvalue weighted by molar-refractivity contribution is -0.142. The second-order valence-electron chi connectivity index (χ2n) is 3.75. The number of rotatable bonds is 7. The Labute approximate surface area is 119 Å². The van der Waals surface area contributed by atoms with Gasteiger partial charge in [-0.2, -0.15) is 0 Å². The largest absolute Gasteiger partial charge is 0.466 e. The fourth-order valence-corrected chi connectivity index (χ4v) is 2.57. The van der Waals surface area contributed by atoms with Crippen molar-refractivity contribution in [1.29, 1.82) is 0 Å². The molecular formula is C11H16N4O4S. The lowest BCUT2D eigenvalue weighted by Crippen LogP contribution is -2.20. The Balaban J connectivity index is 2.85. The maximum atomic E-state index is 11.4. The number of nitrogen functional groups attached to an aromatic ring is 1. The van der Waals surface area contributed by atoms with E-state index in [1.807, 2.05) is 0 Å². The first-order valence-electron chi connectivity index (χ1n) is 5.77. The first kappa shape index (κ1) is 15.9. The van der Waals surface area contributed by atoms with E-state index in [-0.39, 0.29) is 29.3 Å². The molecule has 0 fully saturated rings. The molecule has 0 saturated carbocycles. The number of hydrogen-bond donors (Lipinski definition) is 4. The number of hydrogen-bond acceptors (Lipinski definition) is 6. The zero-order valence-electron chi connectivity index (χ0n) is 10.9. The van der Waals surface area contributed by atoms with E-state index >= 15 is 0 Å². The summed E-state index contributed by atoms with van der Waals surface area (Å²) in [5.74, 6) is -1.69. The van der Waals surface area contributed by atoms with Crippen molar-refractivity contribution in [3.8, 4) is 0 Å². The van der Waals surface area contributed by atoms with Crippen LogP contribution in [0.1, 0.15) is 34.1 Å². The Hall–Kier alpha value is -2.16. The van der Waals surface area contributed by atoms with E-state index in [4.69, 9.17) is 21.9 Å². The van der Waals surface area contributed by atoms with Crippen LogP contribution >= 0.6 is 11.8 Å². The second-order valence-corrected chi connectivity index (χ2v) is 4.85. The standard InChI is InChI=1S/C11H16N4O4S/c1-2-19-5(16)3-4-20-11-7(10(14)18)6(9(13)17)8(12)15-11/h15H,2-4,12H2,1H3,(H2,13,17)(H2,14,18). The summed E-state index contributed by atoms with van der Waals surface area (Å²) in [5.41, 5.74) is 15.8. The Morgan fingerprint density at radius 1 is 1.20 bits per heavy atom. The molecule has 1 heterocycles. The fraction of sp³-hybridized carbons (Fsp3) is 0.364. The van der Waals surface area contributed by atoms with Crippen LogP contribution in [0.4, 0.5) is 5.82 Å². The van der Waals surface area contributed by atoms with Crippen molar-refractivity contribution in [2.45, 2.75) is 18.4 Å². The molecule has 0 aliphatic heterocycles. The Morgan fingerprint density at radius 3 is 2.30 bits per heavy atom. The second kappa shape index (κ2) is 6.85. The summed E-state index contributed by atoms with van der Waals surface area (Å²) in [7, 11) is 0. The van der Waals surface area contributed by atoms with E-state index in [1.54, 1.807) is 6.92 Å². The highest BCUT2D eigenvalue weighted by atomic mass is 32.2. The Bertz CT molecular complexity index is 541. The molecule has 9 heteroatoms. The number of ether oxygens (including phenoxy) is 1. The number of amides is 2. The Kier molecular flexibility index (Phi) is 5.44. The van der Waals surface area contributed by atoms with Gasteiger partial charge in [-0.25, -0.2) is 0 Å². The Morgan fingerprint density at radius 2 is 1.80 bits per heavy atom. The van der Waals surface area contributed by atoms with Gasteiger partial charge in [-0.3, -0.25) is 14.4 Å². The summed E-state index contributed by atoms with van der Waals surface area (Å²) in [5, 5.41) is 0.313. The minimum Gasteiger partial charge on any atom is -0.466 e. The minimum atomic E-state index is -0.843. The molecule has 8 nitrogen and oxygen atoms in total. The van der Waals surface area contributed by atoms with Gasteiger partial charge in [-0.05, 0) is 6.92 Å². The molecule has 0 unspecified atom stereocenters. The monoisotopic (exact) mass is 300 g/mol. The van der Waals surface area contributed by atoms with Gasteiger partial charge in [-0.1, -0.05) is 0 Å². The van der Waals surface area contributed by atoms with E-state index in [0.29, 0.717) is 17.4 Å². The first-order chi connectivity index (χ1) is 9.38. The van der Waals surface area contributed by atoms with Gasteiger partial charge in [0.05, 0.1) is 29.2 Å². The van der Waals surface area contributed by atoms with Crippen LogP contribution in [0.25, 0.3) is 0 Å². The van der Waals surface area contributed by atoms with Gasteiger partial charge >= 0.3 is 5.97 Å². The molecule has 1 rings (SSSR count). The van der Waals surface area contributed by atoms with Crippen LogP contribution in [0.2, 0.25) is 0 Å². The van der Waals surface area contributed by atoms with Crippen LogP contribution < -0.4 is 17.2 Å². The summed E-state index contributed by atoms with van der Waals surface area (Å²) in [6, 6.07) is 0. The topological polar surface area (TPSA) is 154 Å². The zero-order chi connectivity index (χ0) is 15.3. The zero-order valence-corrected chi connectivity index (χ0v) is 11.7. The van der Waals surface area contributed by atoms with Crippen LogP contribution in [0.3, 0.4) is 0 Å². The molecule has 1 aromatic heterocycles.